The Balaban J connectivity index is 1.65. The van der Waals surface area contributed by atoms with Crippen LogP contribution in [0, 0.1) is 0 Å². The van der Waals surface area contributed by atoms with Crippen molar-refractivity contribution in [2.75, 3.05) is 37.0 Å². The number of morpholine rings is 1. The van der Waals surface area contributed by atoms with Crippen molar-refractivity contribution >= 4 is 51.4 Å². The van der Waals surface area contributed by atoms with E-state index < -0.39 is 0 Å². The van der Waals surface area contributed by atoms with E-state index in [1.807, 2.05) is 18.2 Å². The number of halogens is 2. The Morgan fingerprint density at radius 2 is 1.71 bits per heavy atom. The van der Waals surface area contributed by atoms with E-state index in [1.54, 1.807) is 30.5 Å². The standard InChI is InChI=1S/C20H18Cl2N4O2/c21-14-4-2-5-15(22)18(14)20(27)24-17-6-1-3-13-16(7-8-23-19(13)17)25-26-9-11-28-12-10-26/h1-8H,9-12H2,(H,23,25)(H,24,27). The number of carbonyl (C=O) groups is 1. The Morgan fingerprint density at radius 3 is 2.46 bits per heavy atom. The third-order valence-corrected chi connectivity index (χ3v) is 5.13. The molecule has 3 aromatic rings. The van der Waals surface area contributed by atoms with E-state index in [-0.39, 0.29) is 11.5 Å². The van der Waals surface area contributed by atoms with Crippen LogP contribution in [0.5, 0.6) is 0 Å². The predicted octanol–water partition coefficient (Wildman–Crippen LogP) is 4.45. The highest BCUT2D eigenvalue weighted by Crippen LogP contribution is 2.30. The molecule has 2 heterocycles. The number of nitrogens with one attached hydrogen (secondary N) is 2. The first kappa shape index (κ1) is 19.0. The van der Waals surface area contributed by atoms with Gasteiger partial charge in [0.1, 0.15) is 0 Å². The predicted molar refractivity (Wildman–Crippen MR) is 112 cm³/mol. The number of hydrogen-bond donors (Lipinski definition) is 2. The van der Waals surface area contributed by atoms with Gasteiger partial charge in [-0.05, 0) is 24.3 Å². The molecule has 2 aromatic carbocycles. The van der Waals surface area contributed by atoms with Gasteiger partial charge in [0.2, 0.25) is 0 Å². The zero-order valence-electron chi connectivity index (χ0n) is 14.9. The Hall–Kier alpha value is -2.38. The van der Waals surface area contributed by atoms with Gasteiger partial charge in [0.25, 0.3) is 5.91 Å². The molecule has 1 amide bonds. The molecule has 0 spiro atoms. The van der Waals surface area contributed by atoms with E-state index >= 15 is 0 Å². The van der Waals surface area contributed by atoms with Gasteiger partial charge in [-0.25, -0.2) is 5.01 Å². The summed E-state index contributed by atoms with van der Waals surface area (Å²) in [5, 5.41) is 6.48. The van der Waals surface area contributed by atoms with Crippen LogP contribution in [0.15, 0.2) is 48.7 Å². The van der Waals surface area contributed by atoms with Crippen molar-refractivity contribution in [2.24, 2.45) is 0 Å². The molecule has 0 atom stereocenters. The molecule has 8 heteroatoms. The van der Waals surface area contributed by atoms with Crippen molar-refractivity contribution in [3.05, 3.63) is 64.3 Å². The smallest absolute Gasteiger partial charge is 0.258 e. The SMILES string of the molecule is O=C(Nc1cccc2c(NN3CCOCC3)ccnc12)c1c(Cl)cccc1Cl. The summed E-state index contributed by atoms with van der Waals surface area (Å²) in [6.45, 7) is 2.97. The maximum atomic E-state index is 12.8. The Labute approximate surface area is 172 Å². The molecule has 144 valence electrons. The normalized spacial score (nSPS) is 14.8. The lowest BCUT2D eigenvalue weighted by Crippen LogP contribution is -2.40. The van der Waals surface area contributed by atoms with Crippen molar-refractivity contribution in [3.8, 4) is 0 Å². The first-order valence-corrected chi connectivity index (χ1v) is 9.61. The van der Waals surface area contributed by atoms with Crippen LogP contribution in [0.1, 0.15) is 10.4 Å². The molecule has 0 saturated carbocycles. The van der Waals surface area contributed by atoms with E-state index in [4.69, 9.17) is 27.9 Å². The number of amides is 1. The van der Waals surface area contributed by atoms with E-state index in [0.29, 0.717) is 34.5 Å². The fraction of sp³-hybridized carbons (Fsp3) is 0.200. The number of rotatable bonds is 4. The first-order chi connectivity index (χ1) is 13.6. The second kappa shape index (κ2) is 8.32. The summed E-state index contributed by atoms with van der Waals surface area (Å²) in [6, 6.07) is 12.5. The van der Waals surface area contributed by atoms with E-state index in [2.05, 4.69) is 20.7 Å². The number of hydrogen-bond acceptors (Lipinski definition) is 5. The number of para-hydroxylation sites is 1. The topological polar surface area (TPSA) is 66.5 Å². The van der Waals surface area contributed by atoms with Crippen molar-refractivity contribution in [3.63, 3.8) is 0 Å². The molecule has 0 bridgehead atoms. The fourth-order valence-corrected chi connectivity index (χ4v) is 3.69. The average molecular weight is 417 g/mol. The minimum Gasteiger partial charge on any atom is -0.379 e. The highest BCUT2D eigenvalue weighted by molar-refractivity contribution is 6.40. The number of anilines is 2. The molecule has 1 aromatic heterocycles. The van der Waals surface area contributed by atoms with Gasteiger partial charge < -0.3 is 15.5 Å². The van der Waals surface area contributed by atoms with Crippen molar-refractivity contribution in [2.45, 2.75) is 0 Å². The zero-order chi connectivity index (χ0) is 19.5. The molecular weight excluding hydrogens is 399 g/mol. The maximum absolute atomic E-state index is 12.8. The first-order valence-electron chi connectivity index (χ1n) is 8.86. The number of aromatic nitrogens is 1. The summed E-state index contributed by atoms with van der Waals surface area (Å²) >= 11 is 12.3. The molecule has 1 fully saturated rings. The molecular formula is C20H18Cl2N4O2. The minimum absolute atomic E-state index is 0.241. The Bertz CT molecular complexity index is 1000. The lowest BCUT2D eigenvalue weighted by molar-refractivity contribution is 0.0497. The molecule has 1 aliphatic rings. The molecule has 0 aliphatic carbocycles. The van der Waals surface area contributed by atoms with Gasteiger partial charge in [-0.15, -0.1) is 0 Å². The largest absolute Gasteiger partial charge is 0.379 e. The van der Waals surface area contributed by atoms with Crippen LogP contribution in [0.3, 0.4) is 0 Å². The highest BCUT2D eigenvalue weighted by atomic mass is 35.5. The number of fused-ring (bicyclic) bond motifs is 1. The molecule has 0 unspecified atom stereocenters. The van der Waals surface area contributed by atoms with Gasteiger partial charge >= 0.3 is 0 Å². The van der Waals surface area contributed by atoms with Gasteiger partial charge in [-0.3, -0.25) is 9.78 Å². The number of benzene rings is 2. The van der Waals surface area contributed by atoms with Crippen molar-refractivity contribution in [1.82, 2.24) is 9.99 Å². The molecule has 2 N–H and O–H groups in total. The van der Waals surface area contributed by atoms with Gasteiger partial charge in [0, 0.05) is 24.7 Å². The number of pyridine rings is 1. The summed E-state index contributed by atoms with van der Waals surface area (Å²) in [5.74, 6) is -0.378. The van der Waals surface area contributed by atoms with Crippen LogP contribution in [-0.4, -0.2) is 42.2 Å². The highest BCUT2D eigenvalue weighted by Gasteiger charge is 2.17. The Morgan fingerprint density at radius 1 is 1.00 bits per heavy atom. The number of hydrazine groups is 1. The van der Waals surface area contributed by atoms with Crippen molar-refractivity contribution in [1.29, 1.82) is 0 Å². The van der Waals surface area contributed by atoms with Crippen LogP contribution in [0.25, 0.3) is 10.9 Å². The van der Waals surface area contributed by atoms with Crippen molar-refractivity contribution < 1.29 is 9.53 Å². The van der Waals surface area contributed by atoms with Crippen LogP contribution >= 0.6 is 23.2 Å². The monoisotopic (exact) mass is 416 g/mol. The zero-order valence-corrected chi connectivity index (χ0v) is 16.4. The molecule has 1 saturated heterocycles. The third kappa shape index (κ3) is 3.91. The van der Waals surface area contributed by atoms with Gasteiger partial charge in [0.05, 0.1) is 45.7 Å². The summed E-state index contributed by atoms with van der Waals surface area (Å²) < 4.78 is 5.39. The molecule has 4 rings (SSSR count). The number of nitrogens with zero attached hydrogens (tertiary/aromatic N) is 2. The molecule has 1 aliphatic heterocycles. The molecule has 0 radical (unpaired) electrons. The van der Waals surface area contributed by atoms with E-state index in [1.165, 1.54) is 0 Å². The third-order valence-electron chi connectivity index (χ3n) is 4.50. The van der Waals surface area contributed by atoms with Crippen LogP contribution < -0.4 is 10.7 Å². The fourth-order valence-electron chi connectivity index (χ4n) is 3.12. The van der Waals surface area contributed by atoms with Gasteiger partial charge in [-0.2, -0.15) is 0 Å². The lowest BCUT2D eigenvalue weighted by atomic mass is 10.1. The summed E-state index contributed by atoms with van der Waals surface area (Å²) in [5.41, 5.74) is 5.83. The number of ether oxygens (including phenoxy) is 1. The lowest BCUT2D eigenvalue weighted by Gasteiger charge is -2.28. The molecule has 28 heavy (non-hydrogen) atoms. The van der Waals surface area contributed by atoms with E-state index in [9.17, 15) is 4.79 Å². The summed E-state index contributed by atoms with van der Waals surface area (Å²) in [7, 11) is 0. The van der Waals surface area contributed by atoms with Crippen LogP contribution in [0.4, 0.5) is 11.4 Å². The van der Waals surface area contributed by atoms with E-state index in [0.717, 1.165) is 24.2 Å². The van der Waals surface area contributed by atoms with Crippen LogP contribution in [0.2, 0.25) is 10.0 Å². The Kier molecular flexibility index (Phi) is 5.64. The second-order valence-electron chi connectivity index (χ2n) is 6.32. The molecule has 6 nitrogen and oxygen atoms in total. The summed E-state index contributed by atoms with van der Waals surface area (Å²) in [4.78, 5) is 17.2. The van der Waals surface area contributed by atoms with Crippen LogP contribution in [-0.2, 0) is 4.74 Å². The number of carbonyl (C=O) groups excluding carboxylic acids is 1. The minimum atomic E-state index is -0.378. The van der Waals surface area contributed by atoms with Gasteiger partial charge in [0.15, 0.2) is 0 Å². The average Bonchev–Trinajstić information content (AvgIpc) is 2.69. The quantitative estimate of drug-likeness (QED) is 0.657. The maximum Gasteiger partial charge on any atom is 0.258 e. The second-order valence-corrected chi connectivity index (χ2v) is 7.14. The summed E-state index contributed by atoms with van der Waals surface area (Å²) in [6.07, 6.45) is 1.71. The van der Waals surface area contributed by atoms with Gasteiger partial charge in [-0.1, -0.05) is 41.4 Å².